The average molecular weight is 366 g/mol. The second-order valence-electron chi connectivity index (χ2n) is 6.94. The highest BCUT2D eigenvalue weighted by Crippen LogP contribution is 2.23. The van der Waals surface area contributed by atoms with Gasteiger partial charge in [-0.15, -0.1) is 5.10 Å². The number of H-pyrrole nitrogens is 1. The Morgan fingerprint density at radius 1 is 1.30 bits per heavy atom. The van der Waals surface area contributed by atoms with Crippen molar-refractivity contribution in [3.63, 3.8) is 0 Å². The molecule has 1 fully saturated rings. The molecule has 0 atom stereocenters. The van der Waals surface area contributed by atoms with E-state index in [1.165, 1.54) is 4.57 Å². The summed E-state index contributed by atoms with van der Waals surface area (Å²) >= 11 is 0. The largest absolute Gasteiger partial charge is 0.357 e. The molecule has 0 spiro atoms. The molecular weight excluding hydrogens is 344 g/mol. The molecule has 0 bridgehead atoms. The Kier molecular flexibility index (Phi) is 4.39. The Balaban J connectivity index is 1.52. The summed E-state index contributed by atoms with van der Waals surface area (Å²) in [6.07, 6.45) is 6.72. The van der Waals surface area contributed by atoms with Crippen LogP contribution >= 0.6 is 0 Å². The smallest absolute Gasteiger partial charge is 0.274 e. The molecule has 0 aliphatic carbocycles. The SMILES string of the molecule is CN(C(=O)c1cn(C)c(=O)c2[nH]ccc12)C1CCN(c2cccnn2)CC1. The third kappa shape index (κ3) is 3.07. The van der Waals surface area contributed by atoms with Crippen molar-refractivity contribution in [1.82, 2.24) is 24.6 Å². The number of pyridine rings is 1. The third-order valence-corrected chi connectivity index (χ3v) is 5.34. The van der Waals surface area contributed by atoms with E-state index in [9.17, 15) is 9.59 Å². The summed E-state index contributed by atoms with van der Waals surface area (Å²) in [5, 5.41) is 8.77. The second kappa shape index (κ2) is 6.86. The number of nitrogens with zero attached hydrogens (tertiary/aromatic N) is 5. The highest BCUT2D eigenvalue weighted by Gasteiger charge is 2.28. The number of rotatable bonds is 3. The van der Waals surface area contributed by atoms with E-state index in [-0.39, 0.29) is 17.5 Å². The fraction of sp³-hybridized carbons (Fsp3) is 0.368. The monoisotopic (exact) mass is 366 g/mol. The molecule has 1 N–H and O–H groups in total. The minimum absolute atomic E-state index is 0.0619. The predicted octanol–water partition coefficient (Wildman–Crippen LogP) is 1.40. The quantitative estimate of drug-likeness (QED) is 0.757. The molecular formula is C19H22N6O2. The summed E-state index contributed by atoms with van der Waals surface area (Å²) in [7, 11) is 3.51. The number of piperidine rings is 1. The maximum absolute atomic E-state index is 13.1. The van der Waals surface area contributed by atoms with Gasteiger partial charge in [0.2, 0.25) is 0 Å². The topological polar surface area (TPSA) is 87.1 Å². The molecule has 8 heteroatoms. The van der Waals surface area contributed by atoms with Crippen molar-refractivity contribution in [3.05, 3.63) is 52.7 Å². The van der Waals surface area contributed by atoms with Gasteiger partial charge in [-0.05, 0) is 31.0 Å². The molecule has 0 saturated carbocycles. The lowest BCUT2D eigenvalue weighted by Crippen LogP contribution is -2.46. The van der Waals surface area contributed by atoms with Gasteiger partial charge >= 0.3 is 0 Å². The molecule has 3 aromatic rings. The van der Waals surface area contributed by atoms with E-state index in [1.54, 1.807) is 36.6 Å². The molecule has 0 radical (unpaired) electrons. The summed E-state index contributed by atoms with van der Waals surface area (Å²) < 4.78 is 1.45. The van der Waals surface area contributed by atoms with Gasteiger partial charge in [-0.25, -0.2) is 0 Å². The van der Waals surface area contributed by atoms with Crippen LogP contribution in [0.15, 0.2) is 41.6 Å². The normalized spacial score (nSPS) is 15.3. The van der Waals surface area contributed by atoms with Crippen molar-refractivity contribution >= 4 is 22.6 Å². The van der Waals surface area contributed by atoms with Gasteiger partial charge in [-0.2, -0.15) is 5.10 Å². The number of amides is 1. The lowest BCUT2D eigenvalue weighted by Gasteiger charge is -2.37. The first kappa shape index (κ1) is 17.3. The van der Waals surface area contributed by atoms with Crippen LogP contribution in [0, 0.1) is 0 Å². The molecule has 0 unspecified atom stereocenters. The Morgan fingerprint density at radius 2 is 2.07 bits per heavy atom. The van der Waals surface area contributed by atoms with E-state index in [0.717, 1.165) is 31.7 Å². The molecule has 1 amide bonds. The number of carbonyl (C=O) groups is 1. The number of aromatic nitrogens is 4. The van der Waals surface area contributed by atoms with E-state index in [2.05, 4.69) is 20.1 Å². The van der Waals surface area contributed by atoms with Crippen molar-refractivity contribution in [2.24, 2.45) is 7.05 Å². The highest BCUT2D eigenvalue weighted by atomic mass is 16.2. The van der Waals surface area contributed by atoms with Crippen LogP contribution in [0.5, 0.6) is 0 Å². The third-order valence-electron chi connectivity index (χ3n) is 5.34. The molecule has 3 aromatic heterocycles. The summed E-state index contributed by atoms with van der Waals surface area (Å²) in [6, 6.07) is 5.77. The van der Waals surface area contributed by atoms with Gasteiger partial charge in [-0.3, -0.25) is 9.59 Å². The van der Waals surface area contributed by atoms with Crippen molar-refractivity contribution < 1.29 is 4.79 Å². The predicted molar refractivity (Wildman–Crippen MR) is 103 cm³/mol. The van der Waals surface area contributed by atoms with Crippen LogP contribution in [-0.2, 0) is 7.05 Å². The highest BCUT2D eigenvalue weighted by molar-refractivity contribution is 6.05. The number of anilines is 1. The van der Waals surface area contributed by atoms with Crippen LogP contribution in [0.25, 0.3) is 10.9 Å². The maximum atomic E-state index is 13.1. The molecule has 8 nitrogen and oxygen atoms in total. The van der Waals surface area contributed by atoms with Gasteiger partial charge in [0.05, 0.1) is 5.56 Å². The van der Waals surface area contributed by atoms with Gasteiger partial charge in [0.25, 0.3) is 11.5 Å². The average Bonchev–Trinajstić information content (AvgIpc) is 3.20. The van der Waals surface area contributed by atoms with Crippen LogP contribution in [0.3, 0.4) is 0 Å². The molecule has 0 aromatic carbocycles. The van der Waals surface area contributed by atoms with E-state index in [4.69, 9.17) is 0 Å². The Bertz CT molecular complexity index is 1020. The van der Waals surface area contributed by atoms with Gasteiger partial charge in [0.1, 0.15) is 5.52 Å². The number of nitrogens with one attached hydrogen (secondary N) is 1. The first-order valence-electron chi connectivity index (χ1n) is 9.03. The first-order valence-corrected chi connectivity index (χ1v) is 9.03. The number of hydrogen-bond donors (Lipinski definition) is 1. The number of aromatic amines is 1. The minimum Gasteiger partial charge on any atom is -0.357 e. The van der Waals surface area contributed by atoms with Crippen molar-refractivity contribution in [3.8, 4) is 0 Å². The molecule has 4 heterocycles. The molecule has 1 aliphatic heterocycles. The lowest BCUT2D eigenvalue weighted by atomic mass is 10.0. The van der Waals surface area contributed by atoms with Gasteiger partial charge < -0.3 is 19.4 Å². The number of aryl methyl sites for hydroxylation is 1. The van der Waals surface area contributed by atoms with Crippen LogP contribution in [0.2, 0.25) is 0 Å². The van der Waals surface area contributed by atoms with Crippen LogP contribution in [0.1, 0.15) is 23.2 Å². The standard InChI is InChI=1S/C19H22N6O2/c1-23-12-15(14-5-9-20-17(14)19(23)27)18(26)24(2)13-6-10-25(11-7-13)16-4-3-8-21-22-16/h3-5,8-9,12-13,20H,6-7,10-11H2,1-2H3. The van der Waals surface area contributed by atoms with E-state index in [1.807, 2.05) is 19.2 Å². The van der Waals surface area contributed by atoms with E-state index < -0.39 is 0 Å². The number of carbonyl (C=O) groups excluding carboxylic acids is 1. The van der Waals surface area contributed by atoms with E-state index in [0.29, 0.717) is 16.5 Å². The van der Waals surface area contributed by atoms with Crippen molar-refractivity contribution in [2.75, 3.05) is 25.0 Å². The Labute approximate surface area is 156 Å². The fourth-order valence-electron chi connectivity index (χ4n) is 3.74. The van der Waals surface area contributed by atoms with Gasteiger partial charge in [0.15, 0.2) is 5.82 Å². The van der Waals surface area contributed by atoms with Gasteiger partial charge in [-0.1, -0.05) is 0 Å². The zero-order chi connectivity index (χ0) is 19.0. The van der Waals surface area contributed by atoms with Crippen molar-refractivity contribution in [2.45, 2.75) is 18.9 Å². The zero-order valence-corrected chi connectivity index (χ0v) is 15.4. The Morgan fingerprint density at radius 3 is 2.78 bits per heavy atom. The number of hydrogen-bond acceptors (Lipinski definition) is 5. The first-order chi connectivity index (χ1) is 13.1. The maximum Gasteiger partial charge on any atom is 0.274 e. The van der Waals surface area contributed by atoms with E-state index >= 15 is 0 Å². The van der Waals surface area contributed by atoms with Crippen LogP contribution in [-0.4, -0.2) is 56.7 Å². The minimum atomic E-state index is -0.133. The second-order valence-corrected chi connectivity index (χ2v) is 6.94. The molecule has 1 aliphatic rings. The fourth-order valence-corrected chi connectivity index (χ4v) is 3.74. The van der Waals surface area contributed by atoms with Gasteiger partial charge in [0, 0.05) is 57.2 Å². The summed E-state index contributed by atoms with van der Waals surface area (Å²) in [4.78, 5) is 32.3. The van der Waals surface area contributed by atoms with Crippen LogP contribution < -0.4 is 10.5 Å². The molecule has 140 valence electrons. The summed E-state index contributed by atoms with van der Waals surface area (Å²) in [6.45, 7) is 1.65. The summed E-state index contributed by atoms with van der Waals surface area (Å²) in [5.41, 5.74) is 0.882. The zero-order valence-electron chi connectivity index (χ0n) is 15.4. The molecule has 1 saturated heterocycles. The molecule has 27 heavy (non-hydrogen) atoms. The Hall–Kier alpha value is -3.16. The number of fused-ring (bicyclic) bond motifs is 1. The molecule has 4 rings (SSSR count). The van der Waals surface area contributed by atoms with Crippen LogP contribution in [0.4, 0.5) is 5.82 Å². The van der Waals surface area contributed by atoms with Crippen molar-refractivity contribution in [1.29, 1.82) is 0 Å². The lowest BCUT2D eigenvalue weighted by molar-refractivity contribution is 0.0710. The summed E-state index contributed by atoms with van der Waals surface area (Å²) in [5.74, 6) is 0.810.